The number of esters is 1. The minimum absolute atomic E-state index is 0.374. The molecule has 0 aromatic carbocycles. The molecule has 3 N–H and O–H groups in total. The van der Waals surface area contributed by atoms with E-state index in [0.29, 0.717) is 11.4 Å². The smallest absolute Gasteiger partial charge is 0.341 e. The van der Waals surface area contributed by atoms with Gasteiger partial charge in [0.2, 0.25) is 0 Å². The summed E-state index contributed by atoms with van der Waals surface area (Å²) in [5.41, 5.74) is 5.82. The Morgan fingerprint density at radius 1 is 1.64 bits per heavy atom. The van der Waals surface area contributed by atoms with Crippen LogP contribution in [0.1, 0.15) is 10.4 Å². The lowest BCUT2D eigenvalue weighted by Crippen LogP contribution is -2.13. The highest BCUT2D eigenvalue weighted by atomic mass is 16.5. The van der Waals surface area contributed by atoms with Gasteiger partial charge in [-0.3, -0.25) is 5.73 Å². The van der Waals surface area contributed by atoms with Gasteiger partial charge in [-0.1, -0.05) is 0 Å². The van der Waals surface area contributed by atoms with Crippen molar-refractivity contribution < 1.29 is 14.5 Å². The Bertz CT molecular complexity index is 256. The lowest BCUT2D eigenvalue weighted by molar-refractivity contribution is -0.360. The summed E-state index contributed by atoms with van der Waals surface area (Å²) in [7, 11) is 1.33. The van der Waals surface area contributed by atoms with Gasteiger partial charge < -0.3 is 4.74 Å². The van der Waals surface area contributed by atoms with Crippen LogP contribution in [0.3, 0.4) is 0 Å². The van der Waals surface area contributed by atoms with Crippen molar-refractivity contribution >= 4 is 11.8 Å². The van der Waals surface area contributed by atoms with E-state index in [4.69, 9.17) is 5.73 Å². The molecule has 0 atom stereocenters. The SMILES string of the molecule is COC(=O)c1ccc(N)[nH+]c1. The highest BCUT2D eigenvalue weighted by Crippen LogP contribution is 1.98. The summed E-state index contributed by atoms with van der Waals surface area (Å²) in [5, 5.41) is 0. The Morgan fingerprint density at radius 3 is 2.82 bits per heavy atom. The summed E-state index contributed by atoms with van der Waals surface area (Å²) in [6, 6.07) is 3.20. The molecule has 0 unspecified atom stereocenters. The van der Waals surface area contributed by atoms with E-state index >= 15 is 0 Å². The number of nitrogens with two attached hydrogens (primary N) is 1. The van der Waals surface area contributed by atoms with Crippen LogP contribution in [0, 0.1) is 0 Å². The summed E-state index contributed by atoms with van der Waals surface area (Å²) < 4.78 is 4.48. The quantitative estimate of drug-likeness (QED) is 0.571. The molecule has 0 radical (unpaired) electrons. The van der Waals surface area contributed by atoms with Crippen molar-refractivity contribution in [3.63, 3.8) is 0 Å². The zero-order chi connectivity index (χ0) is 8.27. The van der Waals surface area contributed by atoms with Crippen molar-refractivity contribution in [2.45, 2.75) is 0 Å². The number of methoxy groups -OCH3 is 1. The van der Waals surface area contributed by atoms with Crippen LogP contribution in [-0.4, -0.2) is 13.1 Å². The number of aromatic amines is 1. The summed E-state index contributed by atoms with van der Waals surface area (Å²) >= 11 is 0. The zero-order valence-electron chi connectivity index (χ0n) is 6.13. The highest BCUT2D eigenvalue weighted by molar-refractivity contribution is 5.88. The first-order valence-corrected chi connectivity index (χ1v) is 3.09. The third-order valence-corrected chi connectivity index (χ3v) is 1.26. The van der Waals surface area contributed by atoms with Crippen LogP contribution in [0.4, 0.5) is 5.82 Å². The second-order valence-electron chi connectivity index (χ2n) is 2.02. The topological polar surface area (TPSA) is 66.5 Å². The Kier molecular flexibility index (Phi) is 2.06. The number of rotatable bonds is 1. The van der Waals surface area contributed by atoms with Gasteiger partial charge in [0.05, 0.1) is 12.7 Å². The van der Waals surface area contributed by atoms with Gasteiger partial charge in [-0.2, -0.15) is 0 Å². The van der Waals surface area contributed by atoms with Crippen LogP contribution in [0.5, 0.6) is 0 Å². The van der Waals surface area contributed by atoms with Crippen molar-refractivity contribution in [2.24, 2.45) is 0 Å². The third-order valence-electron chi connectivity index (χ3n) is 1.26. The Morgan fingerprint density at radius 2 is 2.36 bits per heavy atom. The maximum atomic E-state index is 10.8. The fraction of sp³-hybridized carbons (Fsp3) is 0.143. The first kappa shape index (κ1) is 7.53. The number of carbonyl (C=O) groups is 1. The molecule has 0 bridgehead atoms. The minimum Gasteiger partial charge on any atom is -0.465 e. The summed E-state index contributed by atoms with van der Waals surface area (Å²) in [6.45, 7) is 0. The molecule has 0 saturated carbocycles. The molecule has 58 valence electrons. The lowest BCUT2D eigenvalue weighted by atomic mass is 10.3. The Hall–Kier alpha value is -1.58. The maximum Gasteiger partial charge on any atom is 0.341 e. The number of hydrogen-bond acceptors (Lipinski definition) is 3. The lowest BCUT2D eigenvalue weighted by Gasteiger charge is -1.94. The van der Waals surface area contributed by atoms with Gasteiger partial charge in [-0.15, -0.1) is 0 Å². The second-order valence-corrected chi connectivity index (χ2v) is 2.02. The molecule has 0 aliphatic rings. The molecular formula is C7H9N2O2+. The summed E-state index contributed by atoms with van der Waals surface area (Å²) in [4.78, 5) is 13.5. The van der Waals surface area contributed by atoms with Gasteiger partial charge in [-0.05, 0) is 6.07 Å². The molecule has 0 aliphatic carbocycles. The zero-order valence-corrected chi connectivity index (χ0v) is 6.13. The molecule has 0 fully saturated rings. The molecule has 1 heterocycles. The second kappa shape index (κ2) is 3.01. The number of nitrogens with one attached hydrogen (secondary N) is 1. The van der Waals surface area contributed by atoms with Gasteiger partial charge in [0.25, 0.3) is 5.82 Å². The van der Waals surface area contributed by atoms with Crippen LogP contribution in [0.15, 0.2) is 18.3 Å². The molecule has 0 amide bonds. The Balaban J connectivity index is 2.90. The van der Waals surface area contributed by atoms with E-state index in [1.165, 1.54) is 13.3 Å². The number of H-pyrrole nitrogens is 1. The van der Waals surface area contributed by atoms with Gasteiger partial charge in [-0.25, -0.2) is 9.78 Å². The van der Waals surface area contributed by atoms with E-state index in [1.807, 2.05) is 0 Å². The molecule has 1 rings (SSSR count). The van der Waals surface area contributed by atoms with Crippen LogP contribution in [-0.2, 0) is 4.74 Å². The predicted molar refractivity (Wildman–Crippen MR) is 38.7 cm³/mol. The largest absolute Gasteiger partial charge is 0.465 e. The van der Waals surface area contributed by atoms with Crippen molar-refractivity contribution in [1.29, 1.82) is 0 Å². The molecular weight excluding hydrogens is 144 g/mol. The van der Waals surface area contributed by atoms with Crippen molar-refractivity contribution in [3.8, 4) is 0 Å². The van der Waals surface area contributed by atoms with E-state index in [-0.39, 0.29) is 5.97 Å². The van der Waals surface area contributed by atoms with Gasteiger partial charge in [0, 0.05) is 6.07 Å². The molecule has 4 nitrogen and oxygen atoms in total. The maximum absolute atomic E-state index is 10.8. The number of anilines is 1. The van der Waals surface area contributed by atoms with Crippen LogP contribution < -0.4 is 10.7 Å². The predicted octanol–water partition coefficient (Wildman–Crippen LogP) is -0.131. The third kappa shape index (κ3) is 1.67. The highest BCUT2D eigenvalue weighted by Gasteiger charge is 2.05. The molecule has 1 aromatic heterocycles. The van der Waals surface area contributed by atoms with Gasteiger partial charge >= 0.3 is 5.97 Å². The summed E-state index contributed by atoms with van der Waals surface area (Å²) in [5.74, 6) is 0.138. The summed E-state index contributed by atoms with van der Waals surface area (Å²) in [6.07, 6.45) is 1.50. The minimum atomic E-state index is -0.374. The van der Waals surface area contributed by atoms with Crippen molar-refractivity contribution in [1.82, 2.24) is 0 Å². The molecule has 4 heteroatoms. The fourth-order valence-electron chi connectivity index (χ4n) is 0.682. The van der Waals surface area contributed by atoms with Crippen molar-refractivity contribution in [3.05, 3.63) is 23.9 Å². The normalized spacial score (nSPS) is 9.18. The van der Waals surface area contributed by atoms with E-state index < -0.39 is 0 Å². The first-order chi connectivity index (χ1) is 5.24. The van der Waals surface area contributed by atoms with Gasteiger partial charge in [0.15, 0.2) is 0 Å². The Labute approximate surface area is 64.0 Å². The first-order valence-electron chi connectivity index (χ1n) is 3.09. The molecule has 0 aliphatic heterocycles. The average molecular weight is 153 g/mol. The molecule has 11 heavy (non-hydrogen) atoms. The molecule has 0 saturated heterocycles. The molecule has 1 aromatic rings. The van der Waals surface area contributed by atoms with E-state index in [9.17, 15) is 4.79 Å². The number of pyridine rings is 1. The number of aromatic nitrogens is 1. The van der Waals surface area contributed by atoms with Gasteiger partial charge in [0.1, 0.15) is 6.20 Å². The standard InChI is InChI=1S/C7H8N2O2/c1-11-7(10)5-2-3-6(8)9-4-5/h2-4H,1H3,(H2,8,9)/p+1. The monoisotopic (exact) mass is 153 g/mol. The average Bonchev–Trinajstić information content (AvgIpc) is 2.05. The number of nitrogen functional groups attached to an aromatic ring is 1. The van der Waals surface area contributed by atoms with Crippen LogP contribution in [0.25, 0.3) is 0 Å². The number of carbonyl (C=O) groups excluding carboxylic acids is 1. The number of ether oxygens (including phenoxy) is 1. The van der Waals surface area contributed by atoms with E-state index in [2.05, 4.69) is 9.72 Å². The van der Waals surface area contributed by atoms with Crippen LogP contribution in [0.2, 0.25) is 0 Å². The fourth-order valence-corrected chi connectivity index (χ4v) is 0.682. The molecule has 0 spiro atoms. The van der Waals surface area contributed by atoms with Crippen LogP contribution >= 0.6 is 0 Å². The van der Waals surface area contributed by atoms with E-state index in [0.717, 1.165) is 0 Å². The van der Waals surface area contributed by atoms with Crippen molar-refractivity contribution in [2.75, 3.05) is 12.8 Å². The number of hydrogen-bond donors (Lipinski definition) is 1. The van der Waals surface area contributed by atoms with E-state index in [1.54, 1.807) is 12.1 Å².